The third-order valence-electron chi connectivity index (χ3n) is 4.02. The van der Waals surface area contributed by atoms with Crippen molar-refractivity contribution in [1.29, 1.82) is 0 Å². The smallest absolute Gasteiger partial charge is 0.229 e. The zero-order chi connectivity index (χ0) is 18.6. The van der Waals surface area contributed by atoms with Crippen LogP contribution < -0.4 is 10.6 Å². The highest BCUT2D eigenvalue weighted by atomic mass is 35.5. The molecule has 7 heteroatoms. The Bertz CT molecular complexity index is 1070. The second-order valence-electron chi connectivity index (χ2n) is 5.92. The molecular formula is C20H16Cl2N4S. The van der Waals surface area contributed by atoms with E-state index in [1.54, 1.807) is 29.5 Å². The Kier molecular flexibility index (Phi) is 5.43. The van der Waals surface area contributed by atoms with Crippen LogP contribution in [0, 0.1) is 0 Å². The molecule has 4 nitrogen and oxygen atoms in total. The number of fused-ring (bicyclic) bond motifs is 1. The van der Waals surface area contributed by atoms with E-state index in [1.807, 2.05) is 24.3 Å². The summed E-state index contributed by atoms with van der Waals surface area (Å²) < 4.78 is 0. The zero-order valence-corrected chi connectivity index (χ0v) is 16.6. The first-order valence-corrected chi connectivity index (χ1v) is 10.1. The molecule has 0 saturated carbocycles. The molecule has 0 saturated heterocycles. The highest BCUT2D eigenvalue weighted by Gasteiger charge is 2.09. The normalized spacial score (nSPS) is 10.9. The molecule has 4 aromatic rings. The third-order valence-corrected chi connectivity index (χ3v) is 5.52. The van der Waals surface area contributed by atoms with E-state index < -0.39 is 0 Å². The SMILES string of the molecule is Clc1ccc(Cl)c(Nc2nc(NCCc3cccs3)c3ccccc3n2)c1. The predicted molar refractivity (Wildman–Crippen MR) is 116 cm³/mol. The van der Waals surface area contributed by atoms with Crippen LogP contribution in [0.15, 0.2) is 60.0 Å². The maximum absolute atomic E-state index is 6.25. The van der Waals surface area contributed by atoms with Crippen LogP contribution in [-0.2, 0) is 6.42 Å². The third kappa shape index (κ3) is 4.33. The minimum atomic E-state index is 0.469. The topological polar surface area (TPSA) is 49.8 Å². The van der Waals surface area contributed by atoms with Gasteiger partial charge in [-0.25, -0.2) is 4.98 Å². The monoisotopic (exact) mass is 414 g/mol. The van der Waals surface area contributed by atoms with Crippen molar-refractivity contribution in [2.45, 2.75) is 6.42 Å². The summed E-state index contributed by atoms with van der Waals surface area (Å²) in [5, 5.41) is 10.8. The lowest BCUT2D eigenvalue weighted by Gasteiger charge is -2.12. The Morgan fingerprint density at radius 3 is 2.70 bits per heavy atom. The highest BCUT2D eigenvalue weighted by molar-refractivity contribution is 7.09. The zero-order valence-electron chi connectivity index (χ0n) is 14.2. The lowest BCUT2D eigenvalue weighted by Crippen LogP contribution is -2.08. The summed E-state index contributed by atoms with van der Waals surface area (Å²) in [5.41, 5.74) is 1.52. The molecule has 0 unspecified atom stereocenters. The Balaban J connectivity index is 1.62. The van der Waals surface area contributed by atoms with Crippen molar-refractivity contribution in [3.63, 3.8) is 0 Å². The molecule has 0 radical (unpaired) electrons. The first-order valence-electron chi connectivity index (χ1n) is 8.44. The van der Waals surface area contributed by atoms with E-state index in [1.165, 1.54) is 4.88 Å². The van der Waals surface area contributed by atoms with Gasteiger partial charge in [0.15, 0.2) is 0 Å². The quantitative estimate of drug-likeness (QED) is 0.383. The summed E-state index contributed by atoms with van der Waals surface area (Å²) >= 11 is 14.1. The molecule has 0 aliphatic carbocycles. The lowest BCUT2D eigenvalue weighted by atomic mass is 10.2. The Hall–Kier alpha value is -2.34. The van der Waals surface area contributed by atoms with E-state index in [4.69, 9.17) is 23.2 Å². The Labute approximate surface area is 171 Å². The fraction of sp³-hybridized carbons (Fsp3) is 0.100. The van der Waals surface area contributed by atoms with Crippen molar-refractivity contribution >= 4 is 62.9 Å². The molecule has 2 N–H and O–H groups in total. The number of aromatic nitrogens is 2. The molecule has 0 amide bonds. The van der Waals surface area contributed by atoms with Crippen molar-refractivity contribution in [2.24, 2.45) is 0 Å². The molecule has 0 atom stereocenters. The lowest BCUT2D eigenvalue weighted by molar-refractivity contribution is 1.03. The summed E-state index contributed by atoms with van der Waals surface area (Å²) in [5.74, 6) is 1.26. The number of thiophene rings is 1. The first-order chi connectivity index (χ1) is 13.2. The van der Waals surface area contributed by atoms with E-state index >= 15 is 0 Å². The molecular weight excluding hydrogens is 399 g/mol. The van der Waals surface area contributed by atoms with E-state index in [2.05, 4.69) is 38.1 Å². The fourth-order valence-corrected chi connectivity index (χ4v) is 3.79. The molecule has 2 aromatic carbocycles. The Morgan fingerprint density at radius 2 is 1.85 bits per heavy atom. The van der Waals surface area contributed by atoms with Gasteiger partial charge >= 0.3 is 0 Å². The summed E-state index contributed by atoms with van der Waals surface area (Å²) in [6, 6.07) is 17.4. The van der Waals surface area contributed by atoms with Gasteiger partial charge in [0, 0.05) is 21.8 Å². The summed E-state index contributed by atoms with van der Waals surface area (Å²) in [6.07, 6.45) is 0.943. The van der Waals surface area contributed by atoms with Gasteiger partial charge in [-0.2, -0.15) is 4.98 Å². The van der Waals surface area contributed by atoms with Crippen molar-refractivity contribution in [1.82, 2.24) is 9.97 Å². The van der Waals surface area contributed by atoms with Crippen LogP contribution in [0.2, 0.25) is 10.0 Å². The Morgan fingerprint density at radius 1 is 0.963 bits per heavy atom. The van der Waals surface area contributed by atoms with Crippen LogP contribution in [0.1, 0.15) is 4.88 Å². The van der Waals surface area contributed by atoms with Crippen LogP contribution in [0.4, 0.5) is 17.5 Å². The minimum absolute atomic E-state index is 0.469. The maximum Gasteiger partial charge on any atom is 0.229 e. The molecule has 0 spiro atoms. The van der Waals surface area contributed by atoms with Crippen LogP contribution >= 0.6 is 34.5 Å². The van der Waals surface area contributed by atoms with Crippen LogP contribution in [0.25, 0.3) is 10.9 Å². The predicted octanol–water partition coefficient (Wildman–Crippen LogP) is 6.40. The van der Waals surface area contributed by atoms with Crippen LogP contribution in [-0.4, -0.2) is 16.5 Å². The number of halogens is 2. The van der Waals surface area contributed by atoms with Gasteiger partial charge < -0.3 is 10.6 Å². The standard InChI is InChI=1S/C20H16Cl2N4S/c21-13-7-8-16(22)18(12-13)25-20-24-17-6-2-1-5-15(17)19(26-20)23-10-9-14-4-3-11-27-14/h1-8,11-12H,9-10H2,(H2,23,24,25,26). The number of para-hydroxylation sites is 1. The summed E-state index contributed by atoms with van der Waals surface area (Å²) in [6.45, 7) is 0.791. The van der Waals surface area contributed by atoms with Gasteiger partial charge in [-0.1, -0.05) is 41.4 Å². The molecule has 4 rings (SSSR count). The van der Waals surface area contributed by atoms with Crippen LogP contribution in [0.5, 0.6) is 0 Å². The highest BCUT2D eigenvalue weighted by Crippen LogP contribution is 2.29. The molecule has 2 aromatic heterocycles. The van der Waals surface area contributed by atoms with Gasteiger partial charge in [-0.3, -0.25) is 0 Å². The average Bonchev–Trinajstić information content (AvgIpc) is 3.18. The average molecular weight is 415 g/mol. The number of rotatable bonds is 6. The second kappa shape index (κ2) is 8.13. The van der Waals surface area contributed by atoms with Gasteiger partial charge in [0.1, 0.15) is 5.82 Å². The number of hydrogen-bond acceptors (Lipinski definition) is 5. The number of hydrogen-bond donors (Lipinski definition) is 2. The molecule has 0 aliphatic rings. The number of benzene rings is 2. The van der Waals surface area contributed by atoms with Gasteiger partial charge in [-0.05, 0) is 48.2 Å². The van der Waals surface area contributed by atoms with E-state index in [0.29, 0.717) is 21.7 Å². The number of nitrogens with zero attached hydrogens (tertiary/aromatic N) is 2. The number of anilines is 3. The summed E-state index contributed by atoms with van der Waals surface area (Å²) in [7, 11) is 0. The van der Waals surface area contributed by atoms with E-state index in [9.17, 15) is 0 Å². The van der Waals surface area contributed by atoms with Crippen molar-refractivity contribution < 1.29 is 0 Å². The molecule has 0 fully saturated rings. The van der Waals surface area contributed by atoms with E-state index in [0.717, 1.165) is 29.7 Å². The maximum atomic E-state index is 6.25. The molecule has 0 bridgehead atoms. The van der Waals surface area contributed by atoms with Crippen molar-refractivity contribution in [3.05, 3.63) is 74.9 Å². The number of nitrogens with one attached hydrogen (secondary N) is 2. The van der Waals surface area contributed by atoms with Crippen LogP contribution in [0.3, 0.4) is 0 Å². The van der Waals surface area contributed by atoms with Crippen molar-refractivity contribution in [3.8, 4) is 0 Å². The van der Waals surface area contributed by atoms with Gasteiger partial charge in [0.25, 0.3) is 0 Å². The molecule has 0 aliphatic heterocycles. The minimum Gasteiger partial charge on any atom is -0.369 e. The molecule has 2 heterocycles. The largest absolute Gasteiger partial charge is 0.369 e. The van der Waals surface area contributed by atoms with E-state index in [-0.39, 0.29) is 0 Å². The second-order valence-corrected chi connectivity index (χ2v) is 7.79. The van der Waals surface area contributed by atoms with Gasteiger partial charge in [0.05, 0.1) is 16.2 Å². The van der Waals surface area contributed by atoms with Crippen molar-refractivity contribution in [2.75, 3.05) is 17.2 Å². The fourth-order valence-electron chi connectivity index (χ4n) is 2.74. The molecule has 136 valence electrons. The summed E-state index contributed by atoms with van der Waals surface area (Å²) in [4.78, 5) is 10.6. The first kappa shape index (κ1) is 18.0. The molecule has 27 heavy (non-hydrogen) atoms. The van der Waals surface area contributed by atoms with Gasteiger partial charge in [-0.15, -0.1) is 11.3 Å². The van der Waals surface area contributed by atoms with Gasteiger partial charge in [0.2, 0.25) is 5.95 Å².